The van der Waals surface area contributed by atoms with Gasteiger partial charge in [0.2, 0.25) is 29.3 Å². The van der Waals surface area contributed by atoms with Crippen LogP contribution in [-0.4, -0.2) is 17.3 Å². The summed E-state index contributed by atoms with van der Waals surface area (Å²) >= 11 is 4.08. The molecule has 0 aliphatic heterocycles. The molecule has 1 aromatic heterocycles. The van der Waals surface area contributed by atoms with Crippen LogP contribution < -0.4 is 4.57 Å². The smallest absolute Gasteiger partial charge is 0.250 e. The minimum absolute atomic E-state index is 0.0276. The van der Waals surface area contributed by atoms with Crippen LogP contribution in [0, 0.1) is 0 Å². The van der Waals surface area contributed by atoms with Gasteiger partial charge in [0.1, 0.15) is 0 Å². The predicted octanol–water partition coefficient (Wildman–Crippen LogP) is 3.12. The van der Waals surface area contributed by atoms with Gasteiger partial charge in [-0.3, -0.25) is 9.59 Å². The molecule has 0 aliphatic rings. The van der Waals surface area contributed by atoms with E-state index in [0.29, 0.717) is 11.3 Å². The molecule has 1 heterocycles. The average Bonchev–Trinajstić information content (AvgIpc) is 2.62. The quantitative estimate of drug-likeness (QED) is 0.445. The van der Waals surface area contributed by atoms with Crippen molar-refractivity contribution in [3.8, 4) is 0 Å². The van der Waals surface area contributed by atoms with E-state index in [1.54, 1.807) is 22.8 Å². The maximum atomic E-state index is 12.6. The molecule has 3 nitrogen and oxygen atoms in total. The summed E-state index contributed by atoms with van der Waals surface area (Å²) in [5.41, 5.74) is 2.00. The van der Waals surface area contributed by atoms with Crippen molar-refractivity contribution in [3.63, 3.8) is 0 Å². The van der Waals surface area contributed by atoms with E-state index in [4.69, 9.17) is 0 Å². The molecule has 0 amide bonds. The number of ketones is 2. The van der Waals surface area contributed by atoms with E-state index < -0.39 is 0 Å². The first-order chi connectivity index (χ1) is 11.2. The largest absolute Gasteiger partial charge is 0.287 e. The number of thiol groups is 1. The molecule has 114 valence electrons. The number of fused-ring (bicyclic) bond motifs is 1. The Hall–Kier alpha value is -2.46. The lowest BCUT2D eigenvalue weighted by molar-refractivity contribution is -0.658. The molecule has 0 saturated carbocycles. The molecule has 3 rings (SSSR count). The van der Waals surface area contributed by atoms with E-state index >= 15 is 0 Å². The maximum Gasteiger partial charge on any atom is 0.250 e. The zero-order valence-electron chi connectivity index (χ0n) is 12.5. The number of hydrogen-bond donors (Lipinski definition) is 1. The molecule has 4 heteroatoms. The molecule has 0 bridgehead atoms. The van der Waals surface area contributed by atoms with Crippen LogP contribution in [0.1, 0.15) is 20.8 Å². The van der Waals surface area contributed by atoms with Gasteiger partial charge in [0.25, 0.3) is 0 Å². The Kier molecular flexibility index (Phi) is 4.53. The molecule has 0 atom stereocenters. The molecule has 0 unspecified atom stereocenters. The van der Waals surface area contributed by atoms with Crippen LogP contribution >= 0.6 is 12.6 Å². The predicted molar refractivity (Wildman–Crippen MR) is 93.1 cm³/mol. The fraction of sp³-hybridized carbons (Fsp3) is 0.105. The Morgan fingerprint density at radius 1 is 0.826 bits per heavy atom. The summed E-state index contributed by atoms with van der Waals surface area (Å²) < 4.78 is 1.78. The monoisotopic (exact) mass is 322 g/mol. The summed E-state index contributed by atoms with van der Waals surface area (Å²) in [6, 6.07) is 20.5. The Bertz CT molecular complexity index is 875. The Labute approximate surface area is 140 Å². The van der Waals surface area contributed by atoms with Crippen LogP contribution in [0.2, 0.25) is 0 Å². The van der Waals surface area contributed by atoms with Crippen molar-refractivity contribution >= 4 is 35.1 Å². The highest BCUT2D eigenvalue weighted by molar-refractivity contribution is 7.81. The number of para-hydroxylation sites is 1. The van der Waals surface area contributed by atoms with E-state index in [1.165, 1.54) is 0 Å². The van der Waals surface area contributed by atoms with Crippen molar-refractivity contribution < 1.29 is 14.2 Å². The number of pyridine rings is 1. The van der Waals surface area contributed by atoms with Crippen LogP contribution in [0.25, 0.3) is 10.9 Å². The molecule has 0 N–H and O–H groups in total. The summed E-state index contributed by atoms with van der Waals surface area (Å²) in [5.74, 6) is -0.0159. The summed E-state index contributed by atoms with van der Waals surface area (Å²) in [5, 5.41) is 0.990. The number of Topliss-reactive ketones (excluding diaryl/α,β-unsaturated/α-hetero) is 2. The van der Waals surface area contributed by atoms with Gasteiger partial charge in [0, 0.05) is 23.1 Å². The second-order valence-electron chi connectivity index (χ2n) is 5.23. The summed E-state index contributed by atoms with van der Waals surface area (Å²) in [4.78, 5) is 24.8. The minimum Gasteiger partial charge on any atom is -0.287 e. The van der Waals surface area contributed by atoms with Crippen molar-refractivity contribution in [1.82, 2.24) is 0 Å². The molecule has 23 heavy (non-hydrogen) atoms. The van der Waals surface area contributed by atoms with E-state index in [0.717, 1.165) is 10.9 Å². The Balaban J connectivity index is 2.10. The second kappa shape index (κ2) is 6.75. The van der Waals surface area contributed by atoms with Gasteiger partial charge in [-0.1, -0.05) is 42.5 Å². The summed E-state index contributed by atoms with van der Waals surface area (Å²) in [6.45, 7) is 0.125. The average molecular weight is 322 g/mol. The lowest BCUT2D eigenvalue weighted by Crippen LogP contribution is -2.44. The molecule has 3 aromatic rings. The third kappa shape index (κ3) is 3.17. The Morgan fingerprint density at radius 3 is 2.26 bits per heavy atom. The normalized spacial score (nSPS) is 10.7. The van der Waals surface area contributed by atoms with Crippen LogP contribution in [0.4, 0.5) is 0 Å². The van der Waals surface area contributed by atoms with Gasteiger partial charge in [-0.25, -0.2) is 0 Å². The number of rotatable bonds is 5. The number of carbonyl (C=O) groups excluding carboxylic acids is 2. The number of nitrogens with zero attached hydrogens (tertiary/aromatic N) is 1. The highest BCUT2D eigenvalue weighted by Crippen LogP contribution is 2.12. The van der Waals surface area contributed by atoms with Gasteiger partial charge in [0.05, 0.1) is 5.75 Å². The molecule has 0 spiro atoms. The van der Waals surface area contributed by atoms with Crippen molar-refractivity contribution in [2.45, 2.75) is 6.54 Å². The number of carbonyl (C=O) groups is 2. The van der Waals surface area contributed by atoms with E-state index in [2.05, 4.69) is 12.6 Å². The summed E-state index contributed by atoms with van der Waals surface area (Å²) in [6.07, 6.45) is 0. The maximum absolute atomic E-state index is 12.6. The highest BCUT2D eigenvalue weighted by atomic mass is 32.1. The summed E-state index contributed by atoms with van der Waals surface area (Å²) in [7, 11) is 0. The Morgan fingerprint density at radius 2 is 1.52 bits per heavy atom. The number of hydrogen-bond acceptors (Lipinski definition) is 3. The van der Waals surface area contributed by atoms with Gasteiger partial charge in [0.15, 0.2) is 0 Å². The number of aromatic nitrogens is 1. The first-order valence-corrected chi connectivity index (χ1v) is 7.98. The molecule has 0 saturated heterocycles. The van der Waals surface area contributed by atoms with Gasteiger partial charge >= 0.3 is 0 Å². The number of benzene rings is 2. The van der Waals surface area contributed by atoms with Crippen LogP contribution in [0.15, 0.2) is 66.7 Å². The van der Waals surface area contributed by atoms with Crippen molar-refractivity contribution in [3.05, 3.63) is 78.0 Å². The molecule has 0 fully saturated rings. The second-order valence-corrected chi connectivity index (χ2v) is 5.55. The lowest BCUT2D eigenvalue weighted by atomic mass is 10.1. The third-order valence-electron chi connectivity index (χ3n) is 3.77. The molecular weight excluding hydrogens is 306 g/mol. The zero-order valence-corrected chi connectivity index (χ0v) is 13.4. The van der Waals surface area contributed by atoms with Crippen molar-refractivity contribution in [2.24, 2.45) is 0 Å². The topological polar surface area (TPSA) is 38.0 Å². The van der Waals surface area contributed by atoms with Crippen molar-refractivity contribution in [2.75, 3.05) is 5.75 Å². The fourth-order valence-corrected chi connectivity index (χ4v) is 2.78. The van der Waals surface area contributed by atoms with Gasteiger partial charge in [-0.05, 0) is 12.1 Å². The zero-order chi connectivity index (χ0) is 16.2. The minimum atomic E-state index is -0.0973. The van der Waals surface area contributed by atoms with E-state index in [1.807, 2.05) is 48.5 Å². The third-order valence-corrected chi connectivity index (χ3v) is 4.05. The van der Waals surface area contributed by atoms with Crippen LogP contribution in [0.3, 0.4) is 0 Å². The van der Waals surface area contributed by atoms with Crippen LogP contribution in [0.5, 0.6) is 0 Å². The molecule has 0 radical (unpaired) electrons. The van der Waals surface area contributed by atoms with Gasteiger partial charge in [-0.15, -0.1) is 0 Å². The van der Waals surface area contributed by atoms with Gasteiger partial charge < -0.3 is 0 Å². The molecular formula is C19H16NO2S+. The lowest BCUT2D eigenvalue weighted by Gasteiger charge is -2.06. The first kappa shape index (κ1) is 15.4. The van der Waals surface area contributed by atoms with E-state index in [9.17, 15) is 9.59 Å². The first-order valence-electron chi connectivity index (χ1n) is 7.34. The van der Waals surface area contributed by atoms with Crippen molar-refractivity contribution in [1.29, 1.82) is 0 Å². The molecule has 0 aliphatic carbocycles. The van der Waals surface area contributed by atoms with Gasteiger partial charge in [-0.2, -0.15) is 17.2 Å². The highest BCUT2D eigenvalue weighted by Gasteiger charge is 2.24. The SMILES string of the molecule is O=C(C[n+]1c(C(=O)CS)ccc2ccccc21)c1ccccc1. The molecule has 2 aromatic carbocycles. The standard InChI is InChI=1S/C19H15NO2S/c21-18(15-7-2-1-3-8-15)12-20-16-9-5-4-6-14(16)10-11-17(20)19(22)13-23/h1-11H,12-13H2/p+1. The van der Waals surface area contributed by atoms with E-state index in [-0.39, 0.29) is 23.9 Å². The fourth-order valence-electron chi connectivity index (χ4n) is 2.62. The van der Waals surface area contributed by atoms with Crippen LogP contribution in [-0.2, 0) is 6.54 Å².